The molecule has 2 heterocycles. The van der Waals surface area contributed by atoms with Crippen LogP contribution in [0.5, 0.6) is 0 Å². The third-order valence-corrected chi connectivity index (χ3v) is 4.66. The fraction of sp³-hybridized carbons (Fsp3) is 0.300. The zero-order valence-electron chi connectivity index (χ0n) is 15.6. The summed E-state index contributed by atoms with van der Waals surface area (Å²) >= 11 is 0. The third-order valence-electron chi connectivity index (χ3n) is 4.66. The Balaban J connectivity index is 1.77. The first-order chi connectivity index (χ1) is 12.5. The van der Waals surface area contributed by atoms with Gasteiger partial charge in [-0.15, -0.1) is 0 Å². The summed E-state index contributed by atoms with van der Waals surface area (Å²) in [5.41, 5.74) is 3.63. The average Bonchev–Trinajstić information content (AvgIpc) is 3.25. The van der Waals surface area contributed by atoms with Crippen molar-refractivity contribution in [3.05, 3.63) is 71.4 Å². The molecular formula is C20H25N4O2+. The standard InChI is InChI=1S/C20H24N4O2/c1-13-18(15(3)24(4)23-13)22-20(25)14(2)21-19(17-11-8-12-26-17)16-9-6-5-7-10-16/h5-12,14,19,21H,1-4H3,(H,22,25)/p+1/t14-,19+/m1/s1. The number of hydrogen-bond acceptors (Lipinski definition) is 3. The highest BCUT2D eigenvalue weighted by molar-refractivity contribution is 5.94. The molecule has 0 aliphatic rings. The van der Waals surface area contributed by atoms with Gasteiger partial charge in [-0.2, -0.15) is 5.10 Å². The second-order valence-electron chi connectivity index (χ2n) is 6.54. The Hall–Kier alpha value is -2.86. The highest BCUT2D eigenvalue weighted by atomic mass is 16.3. The predicted molar refractivity (Wildman–Crippen MR) is 99.7 cm³/mol. The molecule has 0 unspecified atom stereocenters. The summed E-state index contributed by atoms with van der Waals surface area (Å²) in [6.45, 7) is 5.74. The molecule has 0 fully saturated rings. The van der Waals surface area contributed by atoms with Crippen molar-refractivity contribution in [1.82, 2.24) is 9.78 Å². The number of nitrogens with one attached hydrogen (secondary N) is 1. The van der Waals surface area contributed by atoms with Crippen molar-refractivity contribution in [2.75, 3.05) is 5.32 Å². The van der Waals surface area contributed by atoms with Gasteiger partial charge in [0.25, 0.3) is 5.91 Å². The number of carbonyl (C=O) groups excluding carboxylic acids is 1. The molecule has 1 aromatic carbocycles. The maximum atomic E-state index is 12.8. The van der Waals surface area contributed by atoms with Crippen LogP contribution in [0.4, 0.5) is 5.69 Å². The molecule has 0 aliphatic heterocycles. The van der Waals surface area contributed by atoms with E-state index >= 15 is 0 Å². The normalized spacial score (nSPS) is 13.4. The van der Waals surface area contributed by atoms with Gasteiger partial charge in [-0.05, 0) is 32.9 Å². The molecule has 6 nitrogen and oxygen atoms in total. The maximum absolute atomic E-state index is 12.8. The van der Waals surface area contributed by atoms with E-state index in [9.17, 15) is 4.79 Å². The highest BCUT2D eigenvalue weighted by Crippen LogP contribution is 2.20. The molecule has 2 aromatic heterocycles. The summed E-state index contributed by atoms with van der Waals surface area (Å²) in [6, 6.07) is 13.5. The number of nitrogens with zero attached hydrogens (tertiary/aromatic N) is 2. The van der Waals surface area contributed by atoms with Gasteiger partial charge in [0, 0.05) is 12.6 Å². The molecule has 6 heteroatoms. The van der Waals surface area contributed by atoms with Crippen LogP contribution in [0.15, 0.2) is 53.1 Å². The van der Waals surface area contributed by atoms with E-state index in [-0.39, 0.29) is 18.0 Å². The van der Waals surface area contributed by atoms with Gasteiger partial charge in [0.2, 0.25) is 0 Å². The SMILES string of the molecule is Cc1nn(C)c(C)c1NC(=O)[C@@H](C)[NH2+][C@@H](c1ccccc1)c1ccco1. The first-order valence-electron chi connectivity index (χ1n) is 8.71. The number of quaternary nitrogens is 1. The summed E-state index contributed by atoms with van der Waals surface area (Å²) in [5, 5.41) is 9.38. The van der Waals surface area contributed by atoms with Crippen molar-refractivity contribution < 1.29 is 14.5 Å². The molecule has 0 saturated carbocycles. The molecule has 26 heavy (non-hydrogen) atoms. The van der Waals surface area contributed by atoms with Crippen LogP contribution in [0.2, 0.25) is 0 Å². The minimum absolute atomic E-state index is 0.0586. The van der Waals surface area contributed by atoms with Crippen molar-refractivity contribution >= 4 is 11.6 Å². The van der Waals surface area contributed by atoms with Crippen LogP contribution in [0, 0.1) is 13.8 Å². The van der Waals surface area contributed by atoms with E-state index < -0.39 is 0 Å². The van der Waals surface area contributed by atoms with Crippen LogP contribution >= 0.6 is 0 Å². The van der Waals surface area contributed by atoms with Crippen LogP contribution in [0.1, 0.15) is 35.7 Å². The lowest BCUT2D eigenvalue weighted by atomic mass is 10.0. The minimum atomic E-state index is -0.302. The zero-order chi connectivity index (χ0) is 18.7. The van der Waals surface area contributed by atoms with E-state index in [1.807, 2.05) is 75.6 Å². The lowest BCUT2D eigenvalue weighted by molar-refractivity contribution is -0.706. The van der Waals surface area contributed by atoms with Crippen LogP contribution in [-0.4, -0.2) is 21.7 Å². The van der Waals surface area contributed by atoms with E-state index in [2.05, 4.69) is 10.4 Å². The molecule has 0 aliphatic carbocycles. The van der Waals surface area contributed by atoms with Gasteiger partial charge in [-0.25, -0.2) is 0 Å². The number of hydrogen-bond donors (Lipinski definition) is 2. The van der Waals surface area contributed by atoms with Gasteiger partial charge in [0.05, 0.1) is 23.3 Å². The summed E-state index contributed by atoms with van der Waals surface area (Å²) in [4.78, 5) is 12.8. The predicted octanol–water partition coefficient (Wildman–Crippen LogP) is 2.31. The molecule has 136 valence electrons. The second-order valence-corrected chi connectivity index (χ2v) is 6.54. The molecule has 0 radical (unpaired) electrons. The number of nitrogens with two attached hydrogens (primary N) is 1. The number of benzene rings is 1. The Bertz CT molecular complexity index is 869. The van der Waals surface area contributed by atoms with Crippen molar-refractivity contribution in [2.24, 2.45) is 7.05 Å². The van der Waals surface area contributed by atoms with Crippen molar-refractivity contribution in [2.45, 2.75) is 32.9 Å². The van der Waals surface area contributed by atoms with Crippen LogP contribution in [0.25, 0.3) is 0 Å². The number of anilines is 1. The zero-order valence-corrected chi connectivity index (χ0v) is 15.6. The molecule has 3 rings (SSSR count). The van der Waals surface area contributed by atoms with Gasteiger partial charge in [-0.3, -0.25) is 9.48 Å². The maximum Gasteiger partial charge on any atom is 0.282 e. The molecule has 0 saturated heterocycles. The average molecular weight is 353 g/mol. The Labute approximate surface area is 153 Å². The van der Waals surface area contributed by atoms with Crippen LogP contribution in [-0.2, 0) is 11.8 Å². The van der Waals surface area contributed by atoms with Gasteiger partial charge in [0.1, 0.15) is 0 Å². The number of carbonyl (C=O) groups is 1. The van der Waals surface area contributed by atoms with E-state index in [1.54, 1.807) is 10.9 Å². The fourth-order valence-electron chi connectivity index (χ4n) is 3.07. The number of furan rings is 1. The Morgan fingerprint density at radius 2 is 1.92 bits per heavy atom. The quantitative estimate of drug-likeness (QED) is 0.714. The molecule has 1 amide bonds. The molecule has 3 N–H and O–H groups in total. The first kappa shape index (κ1) is 17.9. The van der Waals surface area contributed by atoms with Gasteiger partial charge < -0.3 is 15.1 Å². The molecular weight excluding hydrogens is 328 g/mol. The van der Waals surface area contributed by atoms with E-state index in [4.69, 9.17) is 4.42 Å². The summed E-state index contributed by atoms with van der Waals surface area (Å²) < 4.78 is 7.39. The van der Waals surface area contributed by atoms with Gasteiger partial charge in [0.15, 0.2) is 17.8 Å². The molecule has 0 bridgehead atoms. The molecule has 3 aromatic rings. The molecule has 2 atom stereocenters. The number of aromatic nitrogens is 2. The summed E-state index contributed by atoms with van der Waals surface area (Å²) in [6.07, 6.45) is 1.66. The topological polar surface area (TPSA) is 76.7 Å². The summed E-state index contributed by atoms with van der Waals surface area (Å²) in [5.74, 6) is 0.765. The van der Waals surface area contributed by atoms with Crippen molar-refractivity contribution in [1.29, 1.82) is 0 Å². The molecule has 0 spiro atoms. The summed E-state index contributed by atoms with van der Waals surface area (Å²) in [7, 11) is 1.87. The Kier molecular flexibility index (Phi) is 5.23. The third kappa shape index (κ3) is 3.70. The number of rotatable bonds is 6. The van der Waals surface area contributed by atoms with Gasteiger partial charge >= 0.3 is 0 Å². The second kappa shape index (κ2) is 7.58. The Morgan fingerprint density at radius 1 is 1.19 bits per heavy atom. The fourth-order valence-corrected chi connectivity index (χ4v) is 3.07. The van der Waals surface area contributed by atoms with Crippen molar-refractivity contribution in [3.8, 4) is 0 Å². The highest BCUT2D eigenvalue weighted by Gasteiger charge is 2.27. The smallest absolute Gasteiger partial charge is 0.282 e. The lowest BCUT2D eigenvalue weighted by Gasteiger charge is -2.19. The number of amides is 1. The van der Waals surface area contributed by atoms with E-state index in [0.717, 1.165) is 28.4 Å². The van der Waals surface area contributed by atoms with Gasteiger partial charge in [-0.1, -0.05) is 30.3 Å². The monoisotopic (exact) mass is 353 g/mol. The van der Waals surface area contributed by atoms with E-state index in [0.29, 0.717) is 0 Å². The largest absolute Gasteiger partial charge is 0.463 e. The first-order valence-corrected chi connectivity index (χ1v) is 8.71. The number of aryl methyl sites for hydroxylation is 2. The van der Waals surface area contributed by atoms with Crippen LogP contribution < -0.4 is 10.6 Å². The van der Waals surface area contributed by atoms with Crippen molar-refractivity contribution in [3.63, 3.8) is 0 Å². The minimum Gasteiger partial charge on any atom is -0.463 e. The van der Waals surface area contributed by atoms with Crippen LogP contribution in [0.3, 0.4) is 0 Å². The van der Waals surface area contributed by atoms with E-state index in [1.165, 1.54) is 0 Å². The lowest BCUT2D eigenvalue weighted by Crippen LogP contribution is -2.92. The Morgan fingerprint density at radius 3 is 2.50 bits per heavy atom.